The minimum atomic E-state index is -0.531. The second kappa shape index (κ2) is 8.27. The Bertz CT molecular complexity index is 909. The van der Waals surface area contributed by atoms with Gasteiger partial charge in [-0.25, -0.2) is 9.07 Å². The van der Waals surface area contributed by atoms with Gasteiger partial charge in [-0.15, -0.1) is 0 Å². The zero-order chi connectivity index (χ0) is 18.5. The molecule has 3 aromatic rings. The summed E-state index contributed by atoms with van der Waals surface area (Å²) in [5.41, 5.74) is 3.18. The summed E-state index contributed by atoms with van der Waals surface area (Å²) in [5, 5.41) is 7.30. The number of nitrogens with one attached hydrogen (secondary N) is 1. The van der Waals surface area contributed by atoms with Crippen molar-refractivity contribution in [3.63, 3.8) is 0 Å². The first kappa shape index (κ1) is 18.3. The van der Waals surface area contributed by atoms with E-state index in [2.05, 4.69) is 26.3 Å². The molecule has 0 atom stereocenters. The average Bonchev–Trinajstić information content (AvgIpc) is 3.00. The minimum Gasteiger partial charge on any atom is -0.352 e. The highest BCUT2D eigenvalue weighted by molar-refractivity contribution is 9.10. The Morgan fingerprint density at radius 1 is 1.23 bits per heavy atom. The minimum absolute atomic E-state index is 0.0567. The van der Waals surface area contributed by atoms with Crippen molar-refractivity contribution in [1.82, 2.24) is 15.1 Å². The van der Waals surface area contributed by atoms with Gasteiger partial charge in [0.1, 0.15) is 5.82 Å². The van der Waals surface area contributed by atoms with Gasteiger partial charge in [0.2, 0.25) is 0 Å². The van der Waals surface area contributed by atoms with Crippen LogP contribution < -0.4 is 5.32 Å². The van der Waals surface area contributed by atoms with E-state index in [1.807, 2.05) is 48.1 Å². The third-order valence-electron chi connectivity index (χ3n) is 4.11. The van der Waals surface area contributed by atoms with Crippen LogP contribution in [0.15, 0.2) is 59.2 Å². The molecule has 1 aromatic heterocycles. The first-order valence-electron chi connectivity index (χ1n) is 8.38. The number of amides is 1. The van der Waals surface area contributed by atoms with Crippen LogP contribution in [-0.4, -0.2) is 22.2 Å². The highest BCUT2D eigenvalue weighted by Crippen LogP contribution is 2.16. The number of aromatic nitrogens is 2. The van der Waals surface area contributed by atoms with Crippen molar-refractivity contribution in [2.75, 3.05) is 6.54 Å². The molecule has 6 heteroatoms. The van der Waals surface area contributed by atoms with E-state index in [0.29, 0.717) is 11.0 Å². The van der Waals surface area contributed by atoms with Crippen LogP contribution in [0.1, 0.15) is 28.0 Å². The van der Waals surface area contributed by atoms with Crippen molar-refractivity contribution >= 4 is 21.8 Å². The predicted molar refractivity (Wildman–Crippen MR) is 103 cm³/mol. The maximum atomic E-state index is 13.8. The SMILES string of the molecule is Cc1nn(-c2ccccc2)cc1CCCNC(=O)c1ccc(Br)cc1F. The average molecular weight is 416 g/mol. The molecule has 4 nitrogen and oxygen atoms in total. The van der Waals surface area contributed by atoms with Crippen LogP contribution in [0.25, 0.3) is 5.69 Å². The number of hydrogen-bond donors (Lipinski definition) is 1. The molecule has 0 saturated heterocycles. The predicted octanol–water partition coefficient (Wildman–Crippen LogP) is 4.44. The Kier molecular flexibility index (Phi) is 5.83. The maximum absolute atomic E-state index is 13.8. The van der Waals surface area contributed by atoms with E-state index in [0.717, 1.165) is 29.8 Å². The molecule has 0 saturated carbocycles. The Balaban J connectivity index is 1.54. The van der Waals surface area contributed by atoms with Gasteiger partial charge in [0.25, 0.3) is 5.91 Å². The molecular weight excluding hydrogens is 397 g/mol. The molecule has 134 valence electrons. The molecule has 1 heterocycles. The molecule has 1 N–H and O–H groups in total. The molecule has 0 radical (unpaired) electrons. The summed E-state index contributed by atoms with van der Waals surface area (Å²) in [4.78, 5) is 12.1. The van der Waals surface area contributed by atoms with Crippen LogP contribution in [-0.2, 0) is 6.42 Å². The number of benzene rings is 2. The Morgan fingerprint density at radius 2 is 2.00 bits per heavy atom. The van der Waals surface area contributed by atoms with Crippen LogP contribution in [0.5, 0.6) is 0 Å². The van der Waals surface area contributed by atoms with Crippen molar-refractivity contribution in [1.29, 1.82) is 0 Å². The summed E-state index contributed by atoms with van der Waals surface area (Å²) in [7, 11) is 0. The van der Waals surface area contributed by atoms with Crippen LogP contribution in [0.3, 0.4) is 0 Å². The van der Waals surface area contributed by atoms with E-state index in [9.17, 15) is 9.18 Å². The van der Waals surface area contributed by atoms with Crippen molar-refractivity contribution < 1.29 is 9.18 Å². The molecule has 3 rings (SSSR count). The molecule has 0 aliphatic heterocycles. The highest BCUT2D eigenvalue weighted by Gasteiger charge is 2.11. The fourth-order valence-corrected chi connectivity index (χ4v) is 3.04. The zero-order valence-corrected chi connectivity index (χ0v) is 16.0. The van der Waals surface area contributed by atoms with Crippen LogP contribution in [0, 0.1) is 12.7 Å². The van der Waals surface area contributed by atoms with Crippen molar-refractivity contribution in [2.24, 2.45) is 0 Å². The van der Waals surface area contributed by atoms with Crippen molar-refractivity contribution in [3.8, 4) is 5.69 Å². The fourth-order valence-electron chi connectivity index (χ4n) is 2.70. The van der Waals surface area contributed by atoms with Crippen molar-refractivity contribution in [2.45, 2.75) is 19.8 Å². The second-order valence-corrected chi connectivity index (χ2v) is 6.92. The number of aryl methyl sites for hydroxylation is 2. The first-order chi connectivity index (χ1) is 12.5. The second-order valence-electron chi connectivity index (χ2n) is 6.00. The quantitative estimate of drug-likeness (QED) is 0.604. The normalized spacial score (nSPS) is 10.7. The summed E-state index contributed by atoms with van der Waals surface area (Å²) in [6.45, 7) is 2.45. The van der Waals surface area contributed by atoms with Gasteiger partial charge in [0.15, 0.2) is 0 Å². The standard InChI is InChI=1S/C20H19BrFN3O/c1-14-15(13-25(24-14)17-7-3-2-4-8-17)6-5-11-23-20(26)18-10-9-16(21)12-19(18)22/h2-4,7-10,12-13H,5-6,11H2,1H3,(H,23,26). The van der Waals surface area contributed by atoms with E-state index in [1.165, 1.54) is 12.1 Å². The fraction of sp³-hybridized carbons (Fsp3) is 0.200. The van der Waals surface area contributed by atoms with Gasteiger partial charge in [-0.3, -0.25) is 4.79 Å². The molecule has 0 aliphatic carbocycles. The van der Waals surface area contributed by atoms with E-state index in [1.54, 1.807) is 6.07 Å². The monoisotopic (exact) mass is 415 g/mol. The summed E-state index contributed by atoms with van der Waals surface area (Å²) in [5.74, 6) is -0.927. The van der Waals surface area contributed by atoms with E-state index < -0.39 is 11.7 Å². The summed E-state index contributed by atoms with van der Waals surface area (Å²) >= 11 is 3.18. The lowest BCUT2D eigenvalue weighted by Crippen LogP contribution is -2.25. The third-order valence-corrected chi connectivity index (χ3v) is 4.60. The molecule has 0 spiro atoms. The number of halogens is 2. The lowest BCUT2D eigenvalue weighted by Gasteiger charge is -2.06. The number of nitrogens with zero attached hydrogens (tertiary/aromatic N) is 2. The molecule has 0 fully saturated rings. The maximum Gasteiger partial charge on any atom is 0.254 e. The number of carbonyl (C=O) groups is 1. The Labute approximate surface area is 160 Å². The van der Waals surface area contributed by atoms with Gasteiger partial charge in [-0.2, -0.15) is 5.10 Å². The van der Waals surface area contributed by atoms with Gasteiger partial charge in [0.05, 0.1) is 16.9 Å². The Hall–Kier alpha value is -2.47. The van der Waals surface area contributed by atoms with E-state index >= 15 is 0 Å². The lowest BCUT2D eigenvalue weighted by atomic mass is 10.1. The van der Waals surface area contributed by atoms with Gasteiger partial charge >= 0.3 is 0 Å². The van der Waals surface area contributed by atoms with Gasteiger partial charge in [-0.05, 0) is 55.7 Å². The van der Waals surface area contributed by atoms with Crippen molar-refractivity contribution in [3.05, 3.63) is 81.8 Å². The molecule has 2 aromatic carbocycles. The number of para-hydroxylation sites is 1. The van der Waals surface area contributed by atoms with E-state index in [-0.39, 0.29) is 5.56 Å². The largest absolute Gasteiger partial charge is 0.352 e. The molecule has 0 aliphatic rings. The third kappa shape index (κ3) is 4.38. The zero-order valence-electron chi connectivity index (χ0n) is 14.4. The molecule has 0 unspecified atom stereocenters. The molecule has 0 bridgehead atoms. The van der Waals surface area contributed by atoms with Crippen LogP contribution in [0.4, 0.5) is 4.39 Å². The number of rotatable bonds is 6. The highest BCUT2D eigenvalue weighted by atomic mass is 79.9. The van der Waals surface area contributed by atoms with Gasteiger partial charge in [-0.1, -0.05) is 34.1 Å². The van der Waals surface area contributed by atoms with Crippen LogP contribution in [0.2, 0.25) is 0 Å². The molecule has 1 amide bonds. The first-order valence-corrected chi connectivity index (χ1v) is 9.17. The Morgan fingerprint density at radius 3 is 2.73 bits per heavy atom. The van der Waals surface area contributed by atoms with Gasteiger partial charge < -0.3 is 5.32 Å². The number of hydrogen-bond acceptors (Lipinski definition) is 2. The topological polar surface area (TPSA) is 46.9 Å². The number of carbonyl (C=O) groups excluding carboxylic acids is 1. The molecule has 26 heavy (non-hydrogen) atoms. The van der Waals surface area contributed by atoms with E-state index in [4.69, 9.17) is 0 Å². The van der Waals surface area contributed by atoms with Crippen LogP contribution >= 0.6 is 15.9 Å². The smallest absolute Gasteiger partial charge is 0.254 e. The lowest BCUT2D eigenvalue weighted by molar-refractivity contribution is 0.0949. The van der Waals surface area contributed by atoms with Gasteiger partial charge in [0, 0.05) is 17.2 Å². The summed E-state index contributed by atoms with van der Waals surface area (Å²) < 4.78 is 16.3. The summed E-state index contributed by atoms with van der Waals surface area (Å²) in [6, 6.07) is 14.3. The molecular formula is C20H19BrFN3O. The summed E-state index contributed by atoms with van der Waals surface area (Å²) in [6.07, 6.45) is 3.56.